The van der Waals surface area contributed by atoms with Crippen LogP contribution in [0.4, 0.5) is 0 Å². The van der Waals surface area contributed by atoms with Crippen molar-refractivity contribution in [1.82, 2.24) is 15.2 Å². The molecule has 1 aliphatic heterocycles. The van der Waals surface area contributed by atoms with E-state index >= 15 is 0 Å². The van der Waals surface area contributed by atoms with Crippen molar-refractivity contribution in [1.29, 1.82) is 0 Å². The number of carbonyl (C=O) groups is 2. The molecular weight excluding hydrogens is 350 g/mol. The van der Waals surface area contributed by atoms with Crippen LogP contribution < -0.4 is 5.32 Å². The van der Waals surface area contributed by atoms with Gasteiger partial charge in [-0.2, -0.15) is 0 Å². The van der Waals surface area contributed by atoms with Gasteiger partial charge in [-0.15, -0.1) is 0 Å². The van der Waals surface area contributed by atoms with Crippen molar-refractivity contribution < 1.29 is 9.59 Å². The Morgan fingerprint density at radius 3 is 2.36 bits per heavy atom. The van der Waals surface area contributed by atoms with Crippen molar-refractivity contribution in [2.75, 3.05) is 13.1 Å². The van der Waals surface area contributed by atoms with E-state index in [2.05, 4.69) is 23.3 Å². The maximum atomic E-state index is 13.0. The maximum absolute atomic E-state index is 13.0. The minimum atomic E-state index is -0.263. The molecule has 1 saturated carbocycles. The first-order valence-corrected chi connectivity index (χ1v) is 10.2. The number of rotatable bonds is 5. The molecule has 1 atom stereocenters. The molecule has 5 heteroatoms. The highest BCUT2D eigenvalue weighted by Gasteiger charge is 2.36. The van der Waals surface area contributed by atoms with Gasteiger partial charge in [0.15, 0.2) is 0 Å². The summed E-state index contributed by atoms with van der Waals surface area (Å²) in [6.45, 7) is 3.43. The van der Waals surface area contributed by atoms with Crippen LogP contribution in [0.3, 0.4) is 0 Å². The molecule has 146 valence electrons. The van der Waals surface area contributed by atoms with E-state index in [1.54, 1.807) is 6.20 Å². The van der Waals surface area contributed by atoms with Crippen molar-refractivity contribution >= 4 is 11.8 Å². The minimum Gasteiger partial charge on any atom is -0.343 e. The van der Waals surface area contributed by atoms with E-state index < -0.39 is 0 Å². The fourth-order valence-corrected chi connectivity index (χ4v) is 3.98. The van der Waals surface area contributed by atoms with Crippen molar-refractivity contribution in [2.45, 2.75) is 38.6 Å². The first-order chi connectivity index (χ1) is 13.6. The first kappa shape index (κ1) is 18.7. The fourth-order valence-electron chi connectivity index (χ4n) is 3.98. The zero-order valence-electron chi connectivity index (χ0n) is 16.3. The maximum Gasteiger partial charge on any atom is 0.225 e. The number of likely N-dealkylation sites (tertiary alicyclic amines) is 1. The van der Waals surface area contributed by atoms with Crippen LogP contribution in [0, 0.1) is 18.8 Å². The fraction of sp³-hybridized carbons (Fsp3) is 0.435. The third-order valence-electron chi connectivity index (χ3n) is 5.87. The highest BCUT2D eigenvalue weighted by atomic mass is 16.2. The second kappa shape index (κ2) is 8.13. The summed E-state index contributed by atoms with van der Waals surface area (Å²) in [5.41, 5.74) is 3.03. The minimum absolute atomic E-state index is 0.0532. The van der Waals surface area contributed by atoms with Crippen LogP contribution in [0.25, 0.3) is 0 Å². The van der Waals surface area contributed by atoms with Gasteiger partial charge < -0.3 is 10.2 Å². The molecule has 1 aromatic heterocycles. The molecule has 1 aromatic carbocycles. The van der Waals surface area contributed by atoms with Gasteiger partial charge in [-0.05, 0) is 55.9 Å². The number of pyridine rings is 1. The molecule has 2 aromatic rings. The molecule has 0 radical (unpaired) electrons. The van der Waals surface area contributed by atoms with Gasteiger partial charge in [0.25, 0.3) is 0 Å². The van der Waals surface area contributed by atoms with E-state index in [-0.39, 0.29) is 29.7 Å². The SMILES string of the molecule is Cc1ccccc1C(NC(=O)C1CCN(C(=O)C2CC2)CC1)c1ccccn1. The lowest BCUT2D eigenvalue weighted by Gasteiger charge is -2.32. The van der Waals surface area contributed by atoms with E-state index in [1.807, 2.05) is 41.3 Å². The Morgan fingerprint density at radius 2 is 1.71 bits per heavy atom. The van der Waals surface area contributed by atoms with E-state index in [4.69, 9.17) is 0 Å². The van der Waals surface area contributed by atoms with Crippen LogP contribution >= 0.6 is 0 Å². The molecule has 0 spiro atoms. The molecular formula is C23H27N3O2. The van der Waals surface area contributed by atoms with Gasteiger partial charge in [0.2, 0.25) is 11.8 Å². The summed E-state index contributed by atoms with van der Waals surface area (Å²) in [5.74, 6) is 0.529. The van der Waals surface area contributed by atoms with Crippen LogP contribution in [-0.4, -0.2) is 34.8 Å². The lowest BCUT2D eigenvalue weighted by atomic mass is 9.93. The van der Waals surface area contributed by atoms with Crippen molar-refractivity contribution in [3.63, 3.8) is 0 Å². The third kappa shape index (κ3) is 4.08. The van der Waals surface area contributed by atoms with E-state index in [0.717, 1.165) is 42.5 Å². The Bertz CT molecular complexity index is 840. The van der Waals surface area contributed by atoms with Crippen molar-refractivity contribution in [3.8, 4) is 0 Å². The van der Waals surface area contributed by atoms with Crippen LogP contribution in [0.2, 0.25) is 0 Å². The van der Waals surface area contributed by atoms with Gasteiger partial charge in [-0.1, -0.05) is 30.3 Å². The molecule has 2 amide bonds. The van der Waals surface area contributed by atoms with Gasteiger partial charge in [-0.25, -0.2) is 0 Å². The Morgan fingerprint density at radius 1 is 1.00 bits per heavy atom. The van der Waals surface area contributed by atoms with Gasteiger partial charge >= 0.3 is 0 Å². The Hall–Kier alpha value is -2.69. The highest BCUT2D eigenvalue weighted by molar-refractivity contribution is 5.82. The number of amides is 2. The molecule has 1 saturated heterocycles. The topological polar surface area (TPSA) is 62.3 Å². The second-order valence-electron chi connectivity index (χ2n) is 7.93. The molecule has 0 bridgehead atoms. The van der Waals surface area contributed by atoms with Crippen molar-refractivity contribution in [3.05, 3.63) is 65.5 Å². The van der Waals surface area contributed by atoms with Gasteiger partial charge in [0.1, 0.15) is 0 Å². The normalized spacial score (nSPS) is 18.5. The largest absolute Gasteiger partial charge is 0.343 e. The number of hydrogen-bond acceptors (Lipinski definition) is 3. The third-order valence-corrected chi connectivity index (χ3v) is 5.87. The van der Waals surface area contributed by atoms with Crippen LogP contribution in [-0.2, 0) is 9.59 Å². The summed E-state index contributed by atoms with van der Waals surface area (Å²) in [4.78, 5) is 31.7. The lowest BCUT2D eigenvalue weighted by molar-refractivity contribution is -0.136. The molecule has 1 aliphatic carbocycles. The number of benzene rings is 1. The zero-order chi connectivity index (χ0) is 19.5. The molecule has 1 N–H and O–H groups in total. The Kier molecular flexibility index (Phi) is 5.42. The smallest absolute Gasteiger partial charge is 0.225 e. The molecule has 28 heavy (non-hydrogen) atoms. The molecule has 4 rings (SSSR count). The second-order valence-corrected chi connectivity index (χ2v) is 7.93. The van der Waals surface area contributed by atoms with E-state index in [1.165, 1.54) is 0 Å². The molecule has 2 fully saturated rings. The summed E-state index contributed by atoms with van der Waals surface area (Å²) in [5, 5.41) is 3.23. The number of aryl methyl sites for hydroxylation is 1. The average molecular weight is 377 g/mol. The quantitative estimate of drug-likeness (QED) is 0.870. The predicted molar refractivity (Wildman–Crippen MR) is 107 cm³/mol. The van der Waals surface area contributed by atoms with Gasteiger partial charge in [0.05, 0.1) is 11.7 Å². The monoisotopic (exact) mass is 377 g/mol. The van der Waals surface area contributed by atoms with Crippen LogP contribution in [0.15, 0.2) is 48.7 Å². The summed E-state index contributed by atoms with van der Waals surface area (Å²) < 4.78 is 0. The number of carbonyl (C=O) groups excluding carboxylic acids is 2. The number of hydrogen-bond donors (Lipinski definition) is 1. The molecule has 2 aliphatic rings. The van der Waals surface area contributed by atoms with Gasteiger partial charge in [0, 0.05) is 31.1 Å². The Labute approximate surface area is 166 Å². The number of nitrogens with zero attached hydrogens (tertiary/aromatic N) is 2. The summed E-state index contributed by atoms with van der Waals surface area (Å²) in [6, 6.07) is 13.6. The first-order valence-electron chi connectivity index (χ1n) is 10.2. The highest BCUT2D eigenvalue weighted by Crippen LogP contribution is 2.32. The molecule has 2 heterocycles. The van der Waals surface area contributed by atoms with E-state index in [9.17, 15) is 9.59 Å². The predicted octanol–water partition coefficient (Wildman–Crippen LogP) is 3.24. The van der Waals surface area contributed by atoms with Gasteiger partial charge in [-0.3, -0.25) is 14.6 Å². The number of nitrogens with one attached hydrogen (secondary N) is 1. The van der Waals surface area contributed by atoms with Crippen LogP contribution in [0.5, 0.6) is 0 Å². The van der Waals surface area contributed by atoms with Crippen LogP contribution in [0.1, 0.15) is 48.5 Å². The zero-order valence-corrected chi connectivity index (χ0v) is 16.3. The van der Waals surface area contributed by atoms with Crippen molar-refractivity contribution in [2.24, 2.45) is 11.8 Å². The molecule has 1 unspecified atom stereocenters. The summed E-state index contributed by atoms with van der Waals surface area (Å²) in [6.07, 6.45) is 5.28. The lowest BCUT2D eigenvalue weighted by Crippen LogP contribution is -2.44. The number of piperidine rings is 1. The summed E-state index contributed by atoms with van der Waals surface area (Å²) >= 11 is 0. The standard InChI is InChI=1S/C23H27N3O2/c1-16-6-2-3-7-19(16)21(20-8-4-5-13-24-20)25-22(27)17-11-14-26(15-12-17)23(28)18-9-10-18/h2-8,13,17-18,21H,9-12,14-15H2,1H3,(H,25,27). The molecule has 5 nitrogen and oxygen atoms in total. The number of aromatic nitrogens is 1. The van der Waals surface area contributed by atoms with E-state index in [0.29, 0.717) is 13.1 Å². The summed E-state index contributed by atoms with van der Waals surface area (Å²) in [7, 11) is 0. The average Bonchev–Trinajstić information content (AvgIpc) is 3.58. The Balaban J connectivity index is 1.46.